The average Bonchev–Trinajstić information content (AvgIpc) is 2.64. The van der Waals surface area contributed by atoms with Gasteiger partial charge in [-0.15, -0.1) is 0 Å². The van der Waals surface area contributed by atoms with E-state index in [1.54, 1.807) is 12.1 Å². The lowest BCUT2D eigenvalue weighted by molar-refractivity contribution is 0.0696. The van der Waals surface area contributed by atoms with Crippen molar-refractivity contribution in [2.45, 2.75) is 51.9 Å². The molecule has 0 aliphatic carbocycles. The lowest BCUT2D eigenvalue weighted by Gasteiger charge is -2.08. The Morgan fingerprint density at radius 1 is 0.962 bits per heavy atom. The molecule has 0 amide bonds. The van der Waals surface area contributed by atoms with E-state index in [1.165, 1.54) is 50.7 Å². The van der Waals surface area contributed by atoms with Gasteiger partial charge < -0.3 is 9.84 Å². The van der Waals surface area contributed by atoms with Crippen molar-refractivity contribution >= 4 is 5.97 Å². The first-order chi connectivity index (χ1) is 12.6. The molecule has 0 unspecified atom stereocenters. The largest absolute Gasteiger partial charge is 0.494 e. The van der Waals surface area contributed by atoms with Crippen LogP contribution in [-0.4, -0.2) is 17.7 Å². The summed E-state index contributed by atoms with van der Waals surface area (Å²) < 4.78 is 19.8. The topological polar surface area (TPSA) is 46.5 Å². The zero-order valence-corrected chi connectivity index (χ0v) is 15.3. The molecule has 0 fully saturated rings. The minimum atomic E-state index is -1.13. The molecule has 1 N–H and O–H groups in total. The number of hydrogen-bond donors (Lipinski definition) is 1. The molecule has 4 heteroatoms. The number of carboxylic acid groups (broad SMARTS) is 1. The second kappa shape index (κ2) is 10.6. The van der Waals surface area contributed by atoms with E-state index in [4.69, 9.17) is 9.84 Å². The number of carbonyl (C=O) groups is 1. The molecule has 26 heavy (non-hydrogen) atoms. The summed E-state index contributed by atoms with van der Waals surface area (Å²) in [5, 5.41) is 8.90. The van der Waals surface area contributed by atoms with Gasteiger partial charge in [-0.05, 0) is 36.2 Å². The summed E-state index contributed by atoms with van der Waals surface area (Å²) in [6.45, 7) is 2.91. The van der Waals surface area contributed by atoms with Gasteiger partial charge in [0.25, 0.3) is 0 Å². The van der Waals surface area contributed by atoms with Crippen LogP contribution in [0.25, 0.3) is 11.1 Å². The summed E-state index contributed by atoms with van der Waals surface area (Å²) in [4.78, 5) is 10.9. The van der Waals surface area contributed by atoms with Crippen molar-refractivity contribution in [3.8, 4) is 16.9 Å². The summed E-state index contributed by atoms with van der Waals surface area (Å²) in [7, 11) is 0. The van der Waals surface area contributed by atoms with Gasteiger partial charge in [0.1, 0.15) is 11.6 Å². The lowest BCUT2D eigenvalue weighted by Crippen LogP contribution is -1.98. The maximum Gasteiger partial charge on any atom is 0.335 e. The molecule has 2 rings (SSSR count). The van der Waals surface area contributed by atoms with Crippen LogP contribution in [0.4, 0.5) is 4.39 Å². The lowest BCUT2D eigenvalue weighted by atomic mass is 10.0. The van der Waals surface area contributed by atoms with Crippen LogP contribution in [0.5, 0.6) is 5.75 Å². The van der Waals surface area contributed by atoms with Crippen molar-refractivity contribution in [2.75, 3.05) is 6.61 Å². The highest BCUT2D eigenvalue weighted by atomic mass is 19.1. The summed E-state index contributed by atoms with van der Waals surface area (Å²) in [6, 6.07) is 11.2. The maximum atomic E-state index is 14.1. The Kier molecular flexibility index (Phi) is 8.13. The third kappa shape index (κ3) is 6.17. The van der Waals surface area contributed by atoms with Crippen molar-refractivity contribution in [2.24, 2.45) is 0 Å². The van der Waals surface area contributed by atoms with Crippen LogP contribution >= 0.6 is 0 Å². The molecule has 0 saturated carbocycles. The number of ether oxygens (including phenoxy) is 1. The van der Waals surface area contributed by atoms with Crippen molar-refractivity contribution in [3.63, 3.8) is 0 Å². The number of hydrogen-bond acceptors (Lipinski definition) is 2. The highest BCUT2D eigenvalue weighted by molar-refractivity contribution is 5.88. The molecule has 0 bridgehead atoms. The summed E-state index contributed by atoms with van der Waals surface area (Å²) in [5.74, 6) is -0.909. The second-order valence-corrected chi connectivity index (χ2v) is 6.49. The van der Waals surface area contributed by atoms with E-state index in [-0.39, 0.29) is 5.56 Å². The normalized spacial score (nSPS) is 10.7. The van der Waals surface area contributed by atoms with Gasteiger partial charge in [0.05, 0.1) is 12.2 Å². The Labute approximate surface area is 154 Å². The molecule has 3 nitrogen and oxygen atoms in total. The van der Waals surface area contributed by atoms with Crippen molar-refractivity contribution < 1.29 is 19.0 Å². The molecule has 0 radical (unpaired) electrons. The van der Waals surface area contributed by atoms with E-state index >= 15 is 0 Å². The highest BCUT2D eigenvalue weighted by Gasteiger charge is 2.10. The van der Waals surface area contributed by atoms with Gasteiger partial charge in [-0.1, -0.05) is 63.6 Å². The molecule has 0 aliphatic rings. The van der Waals surface area contributed by atoms with Crippen LogP contribution in [0.2, 0.25) is 0 Å². The van der Waals surface area contributed by atoms with Gasteiger partial charge in [0.2, 0.25) is 0 Å². The molecular formula is C22H27FO3. The molecule has 0 spiro atoms. The van der Waals surface area contributed by atoms with Gasteiger partial charge >= 0.3 is 5.97 Å². The second-order valence-electron chi connectivity index (χ2n) is 6.49. The Morgan fingerprint density at radius 2 is 1.62 bits per heavy atom. The van der Waals surface area contributed by atoms with Crippen LogP contribution in [0.15, 0.2) is 42.5 Å². The van der Waals surface area contributed by atoms with E-state index in [0.29, 0.717) is 17.7 Å². The SMILES string of the molecule is CCCCCCCCCOc1ccc(-c2ccc(C(=O)O)cc2F)cc1. The van der Waals surface area contributed by atoms with Gasteiger partial charge in [-0.25, -0.2) is 9.18 Å². The van der Waals surface area contributed by atoms with E-state index in [9.17, 15) is 9.18 Å². The fourth-order valence-electron chi connectivity index (χ4n) is 2.86. The average molecular weight is 358 g/mol. The third-order valence-corrected chi connectivity index (χ3v) is 4.40. The van der Waals surface area contributed by atoms with Crippen LogP contribution in [0.3, 0.4) is 0 Å². The van der Waals surface area contributed by atoms with Crippen LogP contribution < -0.4 is 4.74 Å². The smallest absolute Gasteiger partial charge is 0.335 e. The van der Waals surface area contributed by atoms with Crippen LogP contribution in [0, 0.1) is 5.82 Å². The Bertz CT molecular complexity index is 695. The number of carboxylic acids is 1. The predicted molar refractivity (Wildman–Crippen MR) is 102 cm³/mol. The van der Waals surface area contributed by atoms with Crippen molar-refractivity contribution in [3.05, 3.63) is 53.8 Å². The van der Waals surface area contributed by atoms with E-state index in [2.05, 4.69) is 6.92 Å². The molecule has 0 heterocycles. The molecule has 0 aliphatic heterocycles. The summed E-state index contributed by atoms with van der Waals surface area (Å²) >= 11 is 0. The zero-order chi connectivity index (χ0) is 18.8. The van der Waals surface area contributed by atoms with E-state index in [1.807, 2.05) is 12.1 Å². The predicted octanol–water partition coefficient (Wildman–Crippen LogP) is 6.32. The Morgan fingerprint density at radius 3 is 2.23 bits per heavy atom. The molecule has 140 valence electrons. The monoisotopic (exact) mass is 358 g/mol. The Balaban J connectivity index is 1.80. The van der Waals surface area contributed by atoms with Gasteiger partial charge in [0.15, 0.2) is 0 Å². The molecule has 0 atom stereocenters. The molecule has 2 aromatic carbocycles. The fourth-order valence-corrected chi connectivity index (χ4v) is 2.86. The molecule has 2 aromatic rings. The zero-order valence-electron chi connectivity index (χ0n) is 15.3. The quantitative estimate of drug-likeness (QED) is 0.478. The van der Waals surface area contributed by atoms with E-state index < -0.39 is 11.8 Å². The number of halogens is 1. The summed E-state index contributed by atoms with van der Waals surface area (Å²) in [5.41, 5.74) is 1.03. The number of unbranched alkanes of at least 4 members (excludes halogenated alkanes) is 6. The van der Waals surface area contributed by atoms with Crippen molar-refractivity contribution in [1.82, 2.24) is 0 Å². The molecular weight excluding hydrogens is 331 g/mol. The number of aromatic carboxylic acids is 1. The third-order valence-electron chi connectivity index (χ3n) is 4.40. The minimum absolute atomic E-state index is 0.0547. The van der Waals surface area contributed by atoms with Crippen molar-refractivity contribution in [1.29, 1.82) is 0 Å². The van der Waals surface area contributed by atoms with Crippen LogP contribution in [-0.2, 0) is 0 Å². The van der Waals surface area contributed by atoms with Gasteiger partial charge in [-0.3, -0.25) is 0 Å². The molecule has 0 saturated heterocycles. The van der Waals surface area contributed by atoms with Gasteiger partial charge in [0, 0.05) is 5.56 Å². The fraction of sp³-hybridized carbons (Fsp3) is 0.409. The number of rotatable bonds is 11. The van der Waals surface area contributed by atoms with Crippen LogP contribution in [0.1, 0.15) is 62.2 Å². The first-order valence-electron chi connectivity index (χ1n) is 9.38. The van der Waals surface area contributed by atoms with Gasteiger partial charge in [-0.2, -0.15) is 0 Å². The minimum Gasteiger partial charge on any atom is -0.494 e. The standard InChI is InChI=1S/C22H27FO3/c1-2-3-4-5-6-7-8-15-26-19-12-9-17(10-13-19)20-14-11-18(22(24)25)16-21(20)23/h9-14,16H,2-8,15H2,1H3,(H,24,25). The number of benzene rings is 2. The first-order valence-corrected chi connectivity index (χ1v) is 9.38. The summed E-state index contributed by atoms with van der Waals surface area (Å²) in [6.07, 6.45) is 8.70. The first kappa shape index (κ1) is 20.0. The van der Waals surface area contributed by atoms with E-state index in [0.717, 1.165) is 18.2 Å². The maximum absolute atomic E-state index is 14.1. The molecule has 0 aromatic heterocycles. The highest BCUT2D eigenvalue weighted by Crippen LogP contribution is 2.26. The Hall–Kier alpha value is -2.36.